The molecule has 1 aromatic rings. The molecule has 130 valence electrons. The van der Waals surface area contributed by atoms with Crippen molar-refractivity contribution in [2.45, 2.75) is 38.4 Å². The van der Waals surface area contributed by atoms with E-state index in [1.807, 2.05) is 0 Å². The Kier molecular flexibility index (Phi) is 6.11. The van der Waals surface area contributed by atoms with E-state index in [0.717, 1.165) is 5.69 Å². The number of amides is 1. The van der Waals surface area contributed by atoms with E-state index in [9.17, 15) is 15.0 Å². The molecule has 3 N–H and O–H groups in total. The number of morpholine rings is 1. The van der Waals surface area contributed by atoms with Gasteiger partial charge in [0, 0.05) is 32.5 Å². The van der Waals surface area contributed by atoms with Crippen LogP contribution in [0.15, 0.2) is 10.7 Å². The van der Waals surface area contributed by atoms with E-state index < -0.39 is 5.54 Å². The van der Waals surface area contributed by atoms with Gasteiger partial charge in [0.15, 0.2) is 5.89 Å². The number of hydrogen-bond donors (Lipinski definition) is 3. The third-order valence-electron chi connectivity index (χ3n) is 3.94. The minimum atomic E-state index is -1.01. The highest BCUT2D eigenvalue weighted by Gasteiger charge is 2.29. The number of nitrogens with zero attached hydrogens (tertiary/aromatic N) is 2. The lowest BCUT2D eigenvalue weighted by molar-refractivity contribution is -0.127. The molecular weight excluding hydrogens is 302 g/mol. The molecule has 0 aromatic carbocycles. The number of aryl methyl sites for hydroxylation is 1. The second kappa shape index (κ2) is 7.87. The molecule has 0 saturated carbocycles. The van der Waals surface area contributed by atoms with Gasteiger partial charge >= 0.3 is 0 Å². The first-order chi connectivity index (χ1) is 11.0. The lowest BCUT2D eigenvalue weighted by Gasteiger charge is -2.35. The van der Waals surface area contributed by atoms with Crippen LogP contribution < -0.4 is 5.32 Å². The van der Waals surface area contributed by atoms with Crippen molar-refractivity contribution >= 4 is 5.91 Å². The van der Waals surface area contributed by atoms with E-state index >= 15 is 0 Å². The van der Waals surface area contributed by atoms with Gasteiger partial charge in [0.1, 0.15) is 6.26 Å². The van der Waals surface area contributed by atoms with Crippen molar-refractivity contribution in [3.05, 3.63) is 17.8 Å². The van der Waals surface area contributed by atoms with E-state index in [0.29, 0.717) is 32.2 Å². The summed E-state index contributed by atoms with van der Waals surface area (Å²) in [5, 5.41) is 21.2. The van der Waals surface area contributed by atoms with Gasteiger partial charge in [-0.3, -0.25) is 9.69 Å². The van der Waals surface area contributed by atoms with Crippen LogP contribution in [0.1, 0.15) is 24.9 Å². The van der Waals surface area contributed by atoms with Gasteiger partial charge in [-0.2, -0.15) is 0 Å². The summed E-state index contributed by atoms with van der Waals surface area (Å²) < 4.78 is 10.7. The number of oxazole rings is 1. The molecule has 0 radical (unpaired) electrons. The fourth-order valence-corrected chi connectivity index (χ4v) is 2.50. The Balaban J connectivity index is 1.94. The summed E-state index contributed by atoms with van der Waals surface area (Å²) in [7, 11) is 0. The smallest absolute Gasteiger partial charge is 0.222 e. The molecule has 1 atom stereocenters. The molecule has 8 heteroatoms. The Morgan fingerprint density at radius 1 is 1.52 bits per heavy atom. The maximum absolute atomic E-state index is 12.2. The van der Waals surface area contributed by atoms with Crippen LogP contribution in [0.5, 0.6) is 0 Å². The van der Waals surface area contributed by atoms with Crippen molar-refractivity contribution in [3.63, 3.8) is 0 Å². The first kappa shape index (κ1) is 17.9. The second-order valence-corrected chi connectivity index (χ2v) is 6.19. The molecule has 0 spiro atoms. The van der Waals surface area contributed by atoms with Crippen molar-refractivity contribution in [1.29, 1.82) is 0 Å². The summed E-state index contributed by atoms with van der Waals surface area (Å²) in [6.07, 6.45) is 1.85. The fraction of sp³-hybridized carbons (Fsp3) is 0.733. The highest BCUT2D eigenvalue weighted by molar-refractivity contribution is 5.77. The molecule has 1 aromatic heterocycles. The number of aromatic nitrogens is 1. The molecule has 1 aliphatic heterocycles. The topological polar surface area (TPSA) is 108 Å². The SMILES string of the molecule is Cc1nc(CN2CCOC[C@H]2CC(=O)NC(C)(CO)CO)co1. The monoisotopic (exact) mass is 327 g/mol. The van der Waals surface area contributed by atoms with Gasteiger partial charge in [0.2, 0.25) is 5.91 Å². The van der Waals surface area contributed by atoms with Gasteiger partial charge < -0.3 is 24.7 Å². The largest absolute Gasteiger partial charge is 0.449 e. The zero-order valence-electron chi connectivity index (χ0n) is 13.6. The molecule has 1 saturated heterocycles. The lowest BCUT2D eigenvalue weighted by Crippen LogP contribution is -2.54. The summed E-state index contributed by atoms with van der Waals surface area (Å²) in [6.45, 7) is 5.11. The molecule has 2 heterocycles. The molecular formula is C15H25N3O5. The van der Waals surface area contributed by atoms with Crippen molar-refractivity contribution in [2.75, 3.05) is 33.0 Å². The predicted octanol–water partition coefficient (Wildman–Crippen LogP) is -0.567. The number of carbonyl (C=O) groups is 1. The standard InChI is InChI=1S/C15H25N3O5/c1-11-16-12(7-23-11)6-18-3-4-22-8-13(18)5-14(21)17-15(2,9-19)10-20/h7,13,19-20H,3-6,8-10H2,1-2H3,(H,17,21)/t13-/m1/s1. The minimum Gasteiger partial charge on any atom is -0.449 e. The Morgan fingerprint density at radius 3 is 2.87 bits per heavy atom. The molecule has 0 aliphatic carbocycles. The number of rotatable bonds is 7. The third-order valence-corrected chi connectivity index (χ3v) is 3.94. The van der Waals surface area contributed by atoms with Gasteiger partial charge in [-0.25, -0.2) is 4.98 Å². The van der Waals surface area contributed by atoms with Crippen LogP contribution in [-0.2, 0) is 16.1 Å². The molecule has 0 bridgehead atoms. The average Bonchev–Trinajstić information content (AvgIpc) is 2.94. The molecule has 8 nitrogen and oxygen atoms in total. The number of carbonyl (C=O) groups excluding carboxylic acids is 1. The van der Waals surface area contributed by atoms with Gasteiger partial charge in [0.05, 0.1) is 37.7 Å². The highest BCUT2D eigenvalue weighted by Crippen LogP contribution is 2.15. The van der Waals surface area contributed by atoms with Crippen LogP contribution in [0.25, 0.3) is 0 Å². The molecule has 1 fully saturated rings. The number of nitrogens with one attached hydrogen (secondary N) is 1. The maximum atomic E-state index is 12.2. The fourth-order valence-electron chi connectivity index (χ4n) is 2.50. The number of aliphatic hydroxyl groups excluding tert-OH is 2. The van der Waals surface area contributed by atoms with Crippen LogP contribution in [0.4, 0.5) is 0 Å². The van der Waals surface area contributed by atoms with Crippen molar-refractivity contribution < 1.29 is 24.2 Å². The van der Waals surface area contributed by atoms with Crippen LogP contribution >= 0.6 is 0 Å². The molecule has 0 unspecified atom stereocenters. The zero-order valence-corrected chi connectivity index (χ0v) is 13.6. The van der Waals surface area contributed by atoms with Crippen molar-refractivity contribution in [3.8, 4) is 0 Å². The molecule has 2 rings (SSSR count). The van der Waals surface area contributed by atoms with Crippen LogP contribution in [0.2, 0.25) is 0 Å². The van der Waals surface area contributed by atoms with E-state index in [2.05, 4.69) is 15.2 Å². The Hall–Kier alpha value is -1.48. The van der Waals surface area contributed by atoms with Crippen LogP contribution in [0, 0.1) is 6.92 Å². The quantitative estimate of drug-likeness (QED) is 0.616. The number of ether oxygens (including phenoxy) is 1. The number of hydrogen-bond acceptors (Lipinski definition) is 7. The van der Waals surface area contributed by atoms with Crippen LogP contribution in [0.3, 0.4) is 0 Å². The molecule has 1 aliphatic rings. The normalized spacial score (nSPS) is 19.7. The molecule has 1 amide bonds. The Morgan fingerprint density at radius 2 is 2.26 bits per heavy atom. The summed E-state index contributed by atoms with van der Waals surface area (Å²) in [5.41, 5.74) is -0.189. The molecule has 23 heavy (non-hydrogen) atoms. The Labute approximate surface area is 135 Å². The maximum Gasteiger partial charge on any atom is 0.222 e. The van der Waals surface area contributed by atoms with E-state index in [1.54, 1.807) is 20.1 Å². The van der Waals surface area contributed by atoms with Gasteiger partial charge in [-0.15, -0.1) is 0 Å². The number of aliphatic hydroxyl groups is 2. The lowest BCUT2D eigenvalue weighted by atomic mass is 10.0. The van der Waals surface area contributed by atoms with E-state index in [4.69, 9.17) is 9.15 Å². The minimum absolute atomic E-state index is 0.0811. The summed E-state index contributed by atoms with van der Waals surface area (Å²) in [6, 6.07) is -0.0811. The average molecular weight is 327 g/mol. The zero-order chi connectivity index (χ0) is 16.9. The summed E-state index contributed by atoms with van der Waals surface area (Å²) >= 11 is 0. The van der Waals surface area contributed by atoms with E-state index in [1.165, 1.54) is 0 Å². The first-order valence-electron chi connectivity index (χ1n) is 7.71. The highest BCUT2D eigenvalue weighted by atomic mass is 16.5. The third kappa shape index (κ3) is 5.00. The second-order valence-electron chi connectivity index (χ2n) is 6.19. The van der Waals surface area contributed by atoms with E-state index in [-0.39, 0.29) is 31.6 Å². The van der Waals surface area contributed by atoms with Crippen molar-refractivity contribution in [1.82, 2.24) is 15.2 Å². The summed E-state index contributed by atoms with van der Waals surface area (Å²) in [5.74, 6) is 0.386. The summed E-state index contributed by atoms with van der Waals surface area (Å²) in [4.78, 5) is 18.6. The first-order valence-corrected chi connectivity index (χ1v) is 7.71. The van der Waals surface area contributed by atoms with Crippen LogP contribution in [-0.4, -0.2) is 70.6 Å². The van der Waals surface area contributed by atoms with Crippen molar-refractivity contribution in [2.24, 2.45) is 0 Å². The predicted molar refractivity (Wildman–Crippen MR) is 81.6 cm³/mol. The van der Waals surface area contributed by atoms with Gasteiger partial charge in [-0.1, -0.05) is 0 Å². The van der Waals surface area contributed by atoms with Gasteiger partial charge in [-0.05, 0) is 6.92 Å². The van der Waals surface area contributed by atoms with Gasteiger partial charge in [0.25, 0.3) is 0 Å². The Bertz CT molecular complexity index is 515.